The van der Waals surface area contributed by atoms with E-state index in [9.17, 15) is 9.59 Å². The van der Waals surface area contributed by atoms with Crippen LogP contribution < -0.4 is 5.73 Å². The topological polar surface area (TPSA) is 72.6 Å². The zero-order valence-electron chi connectivity index (χ0n) is 11.3. The van der Waals surface area contributed by atoms with E-state index < -0.39 is 11.6 Å². The first-order valence-corrected chi connectivity index (χ1v) is 6.57. The van der Waals surface area contributed by atoms with Gasteiger partial charge < -0.3 is 15.4 Å². The van der Waals surface area contributed by atoms with Crippen LogP contribution in [0.5, 0.6) is 0 Å². The van der Waals surface area contributed by atoms with E-state index in [2.05, 4.69) is 0 Å². The van der Waals surface area contributed by atoms with Gasteiger partial charge in [0.25, 0.3) is 0 Å². The summed E-state index contributed by atoms with van der Waals surface area (Å²) in [5, 5.41) is 0. The third kappa shape index (κ3) is 2.51. The summed E-state index contributed by atoms with van der Waals surface area (Å²) in [4.78, 5) is 25.4. The molecule has 0 aromatic heterocycles. The molecular weight excluding hydrogens is 232 g/mol. The normalized spacial score (nSPS) is 31.7. The summed E-state index contributed by atoms with van der Waals surface area (Å²) < 4.78 is 5.26. The molecule has 2 aliphatic rings. The second kappa shape index (κ2) is 4.53. The van der Waals surface area contributed by atoms with Crippen molar-refractivity contribution in [1.29, 1.82) is 0 Å². The Hall–Kier alpha value is -1.10. The first-order valence-electron chi connectivity index (χ1n) is 6.57. The molecule has 5 heteroatoms. The summed E-state index contributed by atoms with van der Waals surface area (Å²) in [6, 6.07) is -0.292. The van der Waals surface area contributed by atoms with Gasteiger partial charge >= 0.3 is 5.97 Å². The van der Waals surface area contributed by atoms with Crippen LogP contribution in [0.25, 0.3) is 0 Å². The fraction of sp³-hybridized carbons (Fsp3) is 0.846. The van der Waals surface area contributed by atoms with Gasteiger partial charge in [0.05, 0.1) is 6.04 Å². The maximum atomic E-state index is 12.0. The van der Waals surface area contributed by atoms with Gasteiger partial charge in [-0.15, -0.1) is 0 Å². The Morgan fingerprint density at radius 1 is 1.44 bits per heavy atom. The van der Waals surface area contributed by atoms with E-state index in [0.717, 1.165) is 19.3 Å². The molecule has 0 unspecified atom stereocenters. The van der Waals surface area contributed by atoms with E-state index in [1.54, 1.807) is 4.90 Å². The summed E-state index contributed by atoms with van der Waals surface area (Å²) in [6.45, 7) is 5.49. The fourth-order valence-corrected chi connectivity index (χ4v) is 3.02. The first-order chi connectivity index (χ1) is 8.29. The number of hydrogen-bond donors (Lipinski definition) is 1. The van der Waals surface area contributed by atoms with E-state index in [1.165, 1.54) is 0 Å². The van der Waals surface area contributed by atoms with Crippen LogP contribution >= 0.6 is 0 Å². The van der Waals surface area contributed by atoms with Crippen molar-refractivity contribution in [2.75, 3.05) is 6.54 Å². The highest BCUT2D eigenvalue weighted by Crippen LogP contribution is 2.37. The number of esters is 1. The summed E-state index contributed by atoms with van der Waals surface area (Å²) in [5.74, 6) is -0.230. The lowest BCUT2D eigenvalue weighted by molar-refractivity contribution is -0.158. The predicted molar refractivity (Wildman–Crippen MR) is 66.7 cm³/mol. The van der Waals surface area contributed by atoms with E-state index in [1.807, 2.05) is 20.8 Å². The van der Waals surface area contributed by atoms with Gasteiger partial charge in [-0.25, -0.2) is 0 Å². The van der Waals surface area contributed by atoms with Crippen LogP contribution in [0.3, 0.4) is 0 Å². The predicted octanol–water partition coefficient (Wildman–Crippen LogP) is 0.666. The number of nitrogens with two attached hydrogens (primary N) is 1. The van der Waals surface area contributed by atoms with Crippen LogP contribution in [-0.2, 0) is 14.3 Å². The molecule has 2 fully saturated rings. The average molecular weight is 254 g/mol. The highest BCUT2D eigenvalue weighted by Gasteiger charge is 2.48. The number of carbonyl (C=O) groups excluding carboxylic acids is 2. The minimum Gasteiger partial charge on any atom is -0.459 e. The van der Waals surface area contributed by atoms with Crippen molar-refractivity contribution in [2.45, 2.75) is 57.7 Å². The lowest BCUT2D eigenvalue weighted by Gasteiger charge is -2.25. The van der Waals surface area contributed by atoms with Gasteiger partial charge in [0.15, 0.2) is 0 Å². The Kier molecular flexibility index (Phi) is 3.36. The van der Waals surface area contributed by atoms with Gasteiger partial charge in [-0.05, 0) is 33.6 Å². The summed E-state index contributed by atoms with van der Waals surface area (Å²) in [5.41, 5.74) is 5.40. The lowest BCUT2D eigenvalue weighted by Crippen LogP contribution is -2.42. The number of carbonyl (C=O) groups is 2. The van der Waals surface area contributed by atoms with Crippen LogP contribution in [0.4, 0.5) is 0 Å². The molecule has 1 amide bonds. The molecule has 18 heavy (non-hydrogen) atoms. The third-order valence-corrected chi connectivity index (χ3v) is 3.68. The highest BCUT2D eigenvalue weighted by molar-refractivity contribution is 5.88. The average Bonchev–Trinajstić information content (AvgIpc) is 2.76. The van der Waals surface area contributed by atoms with Gasteiger partial charge in [-0.1, -0.05) is 6.42 Å². The molecule has 1 aliphatic carbocycles. The van der Waals surface area contributed by atoms with E-state index >= 15 is 0 Å². The molecular formula is C13H22N2O3. The SMILES string of the molecule is CC(C)(C)OC(=O)CN1C(=O)[C@@H](N)[C@H]2CCC[C@@H]21. The standard InChI is InChI=1S/C13H22N2O3/c1-13(2,3)18-10(16)7-15-9-6-4-5-8(9)11(14)12(15)17/h8-9,11H,4-7,14H2,1-3H3/t8-,9-,11-/m0/s1. The highest BCUT2D eigenvalue weighted by atomic mass is 16.6. The number of hydrogen-bond acceptors (Lipinski definition) is 4. The molecule has 3 atom stereocenters. The molecule has 0 aromatic rings. The molecule has 0 aromatic carbocycles. The van der Waals surface area contributed by atoms with Gasteiger partial charge in [0.1, 0.15) is 12.1 Å². The third-order valence-electron chi connectivity index (χ3n) is 3.68. The molecule has 102 valence electrons. The Morgan fingerprint density at radius 3 is 2.72 bits per heavy atom. The Labute approximate surface area is 108 Å². The molecule has 0 bridgehead atoms. The van der Waals surface area contributed by atoms with Crippen molar-refractivity contribution >= 4 is 11.9 Å². The van der Waals surface area contributed by atoms with Crippen LogP contribution in [0.15, 0.2) is 0 Å². The monoisotopic (exact) mass is 254 g/mol. The maximum Gasteiger partial charge on any atom is 0.326 e. The zero-order chi connectivity index (χ0) is 13.5. The molecule has 0 radical (unpaired) electrons. The number of fused-ring (bicyclic) bond motifs is 1. The first kappa shape index (κ1) is 13.3. The fourth-order valence-electron chi connectivity index (χ4n) is 3.02. The van der Waals surface area contributed by atoms with Crippen molar-refractivity contribution < 1.29 is 14.3 Å². The molecule has 1 heterocycles. The number of ether oxygens (including phenoxy) is 1. The van der Waals surface area contributed by atoms with Gasteiger partial charge in [-0.3, -0.25) is 9.59 Å². The zero-order valence-corrected chi connectivity index (χ0v) is 11.3. The Bertz CT molecular complexity index is 362. The Morgan fingerprint density at radius 2 is 2.11 bits per heavy atom. The molecule has 1 saturated heterocycles. The minimum atomic E-state index is -0.517. The van der Waals surface area contributed by atoms with E-state index in [-0.39, 0.29) is 30.4 Å². The summed E-state index contributed by atoms with van der Waals surface area (Å²) >= 11 is 0. The van der Waals surface area contributed by atoms with Gasteiger partial charge in [-0.2, -0.15) is 0 Å². The van der Waals surface area contributed by atoms with E-state index in [4.69, 9.17) is 10.5 Å². The van der Waals surface area contributed by atoms with Crippen molar-refractivity contribution in [3.05, 3.63) is 0 Å². The smallest absolute Gasteiger partial charge is 0.326 e. The molecule has 2 rings (SSSR count). The Balaban J connectivity index is 2.00. The summed E-state index contributed by atoms with van der Waals surface area (Å²) in [7, 11) is 0. The second-order valence-corrected chi connectivity index (χ2v) is 6.24. The van der Waals surface area contributed by atoms with Crippen molar-refractivity contribution in [3.63, 3.8) is 0 Å². The van der Waals surface area contributed by atoms with Crippen molar-refractivity contribution in [1.82, 2.24) is 4.90 Å². The van der Waals surface area contributed by atoms with Crippen LogP contribution in [0.2, 0.25) is 0 Å². The molecule has 1 saturated carbocycles. The van der Waals surface area contributed by atoms with Crippen LogP contribution in [0.1, 0.15) is 40.0 Å². The number of likely N-dealkylation sites (tertiary alicyclic amines) is 1. The van der Waals surface area contributed by atoms with Crippen LogP contribution in [0, 0.1) is 5.92 Å². The van der Waals surface area contributed by atoms with Crippen LogP contribution in [-0.4, -0.2) is 41.0 Å². The van der Waals surface area contributed by atoms with Crippen molar-refractivity contribution in [2.24, 2.45) is 11.7 Å². The number of nitrogens with zero attached hydrogens (tertiary/aromatic N) is 1. The van der Waals surface area contributed by atoms with E-state index in [0.29, 0.717) is 0 Å². The largest absolute Gasteiger partial charge is 0.459 e. The van der Waals surface area contributed by atoms with Crippen molar-refractivity contribution in [3.8, 4) is 0 Å². The summed E-state index contributed by atoms with van der Waals surface area (Å²) in [6.07, 6.45) is 3.02. The van der Waals surface area contributed by atoms with Gasteiger partial charge in [0.2, 0.25) is 5.91 Å². The maximum absolute atomic E-state index is 12.0. The number of rotatable bonds is 2. The van der Waals surface area contributed by atoms with Gasteiger partial charge in [0, 0.05) is 12.0 Å². The molecule has 5 nitrogen and oxygen atoms in total. The molecule has 2 N–H and O–H groups in total. The minimum absolute atomic E-state index is 0.0327. The second-order valence-electron chi connectivity index (χ2n) is 6.24. The lowest BCUT2D eigenvalue weighted by atomic mass is 10.00. The quantitative estimate of drug-likeness (QED) is 0.735. The number of amides is 1. The molecule has 0 spiro atoms. The molecule has 1 aliphatic heterocycles.